The van der Waals surface area contributed by atoms with Crippen LogP contribution in [-0.4, -0.2) is 47.1 Å². The lowest BCUT2D eigenvalue weighted by atomic mass is 9.81. The lowest BCUT2D eigenvalue weighted by Crippen LogP contribution is -2.28. The molecular weight excluding hydrogens is 288 g/mol. The van der Waals surface area contributed by atoms with Gasteiger partial charge in [0.2, 0.25) is 0 Å². The molecule has 1 fully saturated rings. The molecule has 6 nitrogen and oxygen atoms in total. The van der Waals surface area contributed by atoms with Gasteiger partial charge in [-0.15, -0.1) is 0 Å². The molecule has 1 aliphatic carbocycles. The second-order valence-corrected chi connectivity index (χ2v) is 5.57. The third-order valence-electron chi connectivity index (χ3n) is 3.70. The summed E-state index contributed by atoms with van der Waals surface area (Å²) in [6, 6.07) is 0. The van der Waals surface area contributed by atoms with Gasteiger partial charge in [-0.2, -0.15) is 0 Å². The first-order chi connectivity index (χ1) is 10.6. The Hall–Kier alpha value is -1.14. The standard InChI is InChI=1S/C14H24O4.C2H6O2/c1-2-3-4-5-9-18-14(17)12-8-6-7-11(10-12)13(15)16;3-1-2-4/h11-12H,2-10H2,1H3,(H,15,16);3-4H,1-2H2. The van der Waals surface area contributed by atoms with Crippen molar-refractivity contribution in [3.63, 3.8) is 0 Å². The minimum Gasteiger partial charge on any atom is -0.481 e. The van der Waals surface area contributed by atoms with Crippen molar-refractivity contribution in [3.8, 4) is 0 Å². The summed E-state index contributed by atoms with van der Waals surface area (Å²) in [5.74, 6) is -1.55. The van der Waals surface area contributed by atoms with Gasteiger partial charge in [0.05, 0.1) is 31.7 Å². The first-order valence-corrected chi connectivity index (χ1v) is 8.17. The molecule has 0 bridgehead atoms. The Bertz CT molecular complexity index is 303. The molecule has 0 aliphatic heterocycles. The molecule has 3 N–H and O–H groups in total. The highest BCUT2D eigenvalue weighted by Crippen LogP contribution is 2.30. The Kier molecular flexibility index (Phi) is 12.8. The van der Waals surface area contributed by atoms with Crippen LogP contribution < -0.4 is 0 Å². The van der Waals surface area contributed by atoms with Crippen LogP contribution in [0.4, 0.5) is 0 Å². The van der Waals surface area contributed by atoms with Gasteiger partial charge < -0.3 is 20.1 Å². The van der Waals surface area contributed by atoms with Gasteiger partial charge in [-0.25, -0.2) is 0 Å². The number of carbonyl (C=O) groups excluding carboxylic acids is 1. The summed E-state index contributed by atoms with van der Waals surface area (Å²) < 4.78 is 5.22. The number of aliphatic carboxylic acids is 1. The zero-order valence-electron chi connectivity index (χ0n) is 13.5. The molecule has 0 aromatic carbocycles. The van der Waals surface area contributed by atoms with E-state index in [-0.39, 0.29) is 31.0 Å². The lowest BCUT2D eigenvalue weighted by Gasteiger charge is -2.25. The van der Waals surface area contributed by atoms with E-state index < -0.39 is 5.97 Å². The molecule has 22 heavy (non-hydrogen) atoms. The summed E-state index contributed by atoms with van der Waals surface area (Å²) in [5, 5.41) is 24.2. The predicted octanol–water partition coefficient (Wildman–Crippen LogP) is 1.97. The Morgan fingerprint density at radius 2 is 1.68 bits per heavy atom. The molecule has 1 rings (SSSR count). The van der Waals surface area contributed by atoms with Gasteiger partial charge in [0.1, 0.15) is 0 Å². The average molecular weight is 318 g/mol. The fraction of sp³-hybridized carbons (Fsp3) is 0.875. The highest BCUT2D eigenvalue weighted by molar-refractivity contribution is 5.75. The van der Waals surface area contributed by atoms with E-state index in [9.17, 15) is 9.59 Å². The van der Waals surface area contributed by atoms with Gasteiger partial charge in [0, 0.05) is 0 Å². The Morgan fingerprint density at radius 1 is 1.05 bits per heavy atom. The van der Waals surface area contributed by atoms with E-state index in [1.807, 2.05) is 0 Å². The summed E-state index contributed by atoms with van der Waals surface area (Å²) in [4.78, 5) is 22.7. The molecule has 0 saturated heterocycles. The Balaban J connectivity index is 0.000000980. The fourth-order valence-electron chi connectivity index (χ4n) is 2.45. The third-order valence-corrected chi connectivity index (χ3v) is 3.70. The van der Waals surface area contributed by atoms with Crippen molar-refractivity contribution in [2.75, 3.05) is 19.8 Å². The number of carbonyl (C=O) groups is 2. The molecule has 1 saturated carbocycles. The number of hydrogen-bond acceptors (Lipinski definition) is 5. The summed E-state index contributed by atoms with van der Waals surface area (Å²) in [5.41, 5.74) is 0. The van der Waals surface area contributed by atoms with E-state index >= 15 is 0 Å². The van der Waals surface area contributed by atoms with E-state index in [2.05, 4.69) is 6.92 Å². The van der Waals surface area contributed by atoms with Crippen LogP contribution in [0.15, 0.2) is 0 Å². The molecule has 0 radical (unpaired) electrons. The largest absolute Gasteiger partial charge is 0.481 e. The number of hydrogen-bond donors (Lipinski definition) is 3. The van der Waals surface area contributed by atoms with Crippen molar-refractivity contribution in [2.24, 2.45) is 11.8 Å². The molecule has 1 aliphatic rings. The van der Waals surface area contributed by atoms with Crippen molar-refractivity contribution in [2.45, 2.75) is 58.3 Å². The van der Waals surface area contributed by atoms with Crippen molar-refractivity contribution in [3.05, 3.63) is 0 Å². The maximum Gasteiger partial charge on any atom is 0.308 e. The quantitative estimate of drug-likeness (QED) is 0.467. The molecular formula is C16H30O6. The summed E-state index contributed by atoms with van der Waals surface area (Å²) in [6.07, 6.45) is 7.06. The van der Waals surface area contributed by atoms with Crippen LogP contribution in [0.3, 0.4) is 0 Å². The lowest BCUT2D eigenvalue weighted by molar-refractivity contribution is -0.152. The van der Waals surface area contributed by atoms with Gasteiger partial charge >= 0.3 is 11.9 Å². The van der Waals surface area contributed by atoms with Gasteiger partial charge in [-0.05, 0) is 25.7 Å². The number of carboxylic acid groups (broad SMARTS) is 1. The molecule has 0 aromatic heterocycles. The van der Waals surface area contributed by atoms with Crippen LogP contribution in [0.25, 0.3) is 0 Å². The van der Waals surface area contributed by atoms with Gasteiger partial charge in [0.25, 0.3) is 0 Å². The normalized spacial score (nSPS) is 20.7. The second kappa shape index (κ2) is 13.5. The molecule has 0 amide bonds. The highest BCUT2D eigenvalue weighted by atomic mass is 16.5. The number of ether oxygens (including phenoxy) is 1. The number of esters is 1. The highest BCUT2D eigenvalue weighted by Gasteiger charge is 2.31. The van der Waals surface area contributed by atoms with Crippen molar-refractivity contribution in [1.82, 2.24) is 0 Å². The van der Waals surface area contributed by atoms with E-state index in [0.29, 0.717) is 19.4 Å². The van der Waals surface area contributed by atoms with Crippen molar-refractivity contribution in [1.29, 1.82) is 0 Å². The van der Waals surface area contributed by atoms with E-state index in [0.717, 1.165) is 32.1 Å². The first-order valence-electron chi connectivity index (χ1n) is 8.17. The third kappa shape index (κ3) is 9.73. The van der Waals surface area contributed by atoms with E-state index in [4.69, 9.17) is 20.1 Å². The second-order valence-electron chi connectivity index (χ2n) is 5.57. The van der Waals surface area contributed by atoms with Gasteiger partial charge in [0.15, 0.2) is 0 Å². The van der Waals surface area contributed by atoms with Crippen LogP contribution in [0.2, 0.25) is 0 Å². The maximum absolute atomic E-state index is 11.8. The van der Waals surface area contributed by atoms with Gasteiger partial charge in [-0.3, -0.25) is 9.59 Å². The van der Waals surface area contributed by atoms with Crippen LogP contribution in [0.1, 0.15) is 58.3 Å². The van der Waals surface area contributed by atoms with E-state index in [1.54, 1.807) is 0 Å². The molecule has 0 heterocycles. The molecule has 130 valence electrons. The number of rotatable bonds is 8. The van der Waals surface area contributed by atoms with Gasteiger partial charge in [-0.1, -0.05) is 32.6 Å². The molecule has 2 unspecified atom stereocenters. The Morgan fingerprint density at radius 3 is 2.23 bits per heavy atom. The molecule has 2 atom stereocenters. The predicted molar refractivity (Wildman–Crippen MR) is 82.4 cm³/mol. The van der Waals surface area contributed by atoms with Crippen LogP contribution in [0, 0.1) is 11.8 Å². The average Bonchev–Trinajstić information content (AvgIpc) is 2.54. The number of unbranched alkanes of at least 4 members (excludes halogenated alkanes) is 3. The Labute approximate surface area is 132 Å². The summed E-state index contributed by atoms with van der Waals surface area (Å²) >= 11 is 0. The molecule has 6 heteroatoms. The topological polar surface area (TPSA) is 104 Å². The SMILES string of the molecule is CCCCCCOC(=O)C1CCCC(C(=O)O)C1.OCCO. The van der Waals surface area contributed by atoms with Crippen molar-refractivity contribution < 1.29 is 29.6 Å². The van der Waals surface area contributed by atoms with Crippen LogP contribution in [-0.2, 0) is 14.3 Å². The zero-order chi connectivity index (χ0) is 16.8. The fourth-order valence-corrected chi connectivity index (χ4v) is 2.45. The number of carboxylic acids is 1. The summed E-state index contributed by atoms with van der Waals surface area (Å²) in [7, 11) is 0. The van der Waals surface area contributed by atoms with Crippen molar-refractivity contribution >= 4 is 11.9 Å². The minimum absolute atomic E-state index is 0.125. The molecule has 0 spiro atoms. The maximum atomic E-state index is 11.8. The van der Waals surface area contributed by atoms with E-state index in [1.165, 1.54) is 6.42 Å². The molecule has 0 aromatic rings. The summed E-state index contributed by atoms with van der Waals surface area (Å²) in [6.45, 7) is 2.37. The van der Waals surface area contributed by atoms with Crippen LogP contribution in [0.5, 0.6) is 0 Å². The first kappa shape index (κ1) is 20.9. The number of aliphatic hydroxyl groups excluding tert-OH is 2. The zero-order valence-corrected chi connectivity index (χ0v) is 13.5. The smallest absolute Gasteiger partial charge is 0.308 e. The monoisotopic (exact) mass is 318 g/mol. The minimum atomic E-state index is -0.782. The number of aliphatic hydroxyl groups is 2. The van der Waals surface area contributed by atoms with Crippen LogP contribution >= 0.6 is 0 Å².